The fraction of sp³-hybridized carbons (Fsp3) is 0.455. The van der Waals surface area contributed by atoms with Gasteiger partial charge >= 0.3 is 39.9 Å². The van der Waals surface area contributed by atoms with Crippen molar-refractivity contribution >= 4 is 56.1 Å². The van der Waals surface area contributed by atoms with E-state index in [1.807, 2.05) is 0 Å². The zero-order valence-corrected chi connectivity index (χ0v) is 19.1. The van der Waals surface area contributed by atoms with Crippen molar-refractivity contribution in [3.8, 4) is 0 Å². The molecule has 0 bridgehead atoms. The Morgan fingerprint density at radius 2 is 2.22 bits per heavy atom. The molecule has 0 radical (unpaired) electrons. The molecule has 1 saturated heterocycles. The fourth-order valence-electron chi connectivity index (χ4n) is 2.24. The first-order valence-corrected chi connectivity index (χ1v) is 10.2. The van der Waals surface area contributed by atoms with Crippen LogP contribution in [0.1, 0.15) is 7.12 Å². The fourth-order valence-corrected chi connectivity index (χ4v) is 4.98. The summed E-state index contributed by atoms with van der Waals surface area (Å²) < 4.78 is 37.2. The van der Waals surface area contributed by atoms with Crippen LogP contribution in [-0.2, 0) is 29.5 Å². The number of oxime groups is 1. The van der Waals surface area contributed by atoms with Crippen molar-refractivity contribution in [3.63, 3.8) is 0 Å². The van der Waals surface area contributed by atoms with Gasteiger partial charge in [0.1, 0.15) is 12.8 Å². The molecule has 2 amide bonds. The van der Waals surface area contributed by atoms with Crippen molar-refractivity contribution in [1.82, 2.24) is 14.6 Å². The van der Waals surface area contributed by atoms with Crippen molar-refractivity contribution in [2.45, 2.75) is 11.1 Å². The van der Waals surface area contributed by atoms with E-state index in [4.69, 9.17) is 10.5 Å². The van der Waals surface area contributed by atoms with Crippen LogP contribution in [0.15, 0.2) is 10.5 Å². The molecule has 0 spiro atoms. The number of anilines is 1. The number of thioether (sulfide) groups is 1. The second-order valence-corrected chi connectivity index (χ2v) is 7.85. The molecule has 1 fully saturated rings. The van der Waals surface area contributed by atoms with Crippen LogP contribution in [0.4, 0.5) is 5.13 Å². The van der Waals surface area contributed by atoms with Crippen molar-refractivity contribution in [1.29, 1.82) is 0 Å². The first kappa shape index (κ1) is 24.1. The van der Waals surface area contributed by atoms with Crippen LogP contribution < -0.4 is 40.6 Å². The number of rotatable bonds is 7. The van der Waals surface area contributed by atoms with E-state index in [1.165, 1.54) is 18.7 Å². The second-order valence-electron chi connectivity index (χ2n) is 4.75. The minimum Gasteiger partial charge on any atom is -1.00 e. The third-order valence-corrected chi connectivity index (χ3v) is 6.00. The van der Waals surface area contributed by atoms with E-state index < -0.39 is 33.2 Å². The van der Waals surface area contributed by atoms with Crippen LogP contribution in [0.2, 0.25) is 0 Å². The molecular weight excluding hydrogens is 433 g/mol. The Bertz CT molecular complexity index is 867. The number of methoxy groups -OCH3 is 1. The summed E-state index contributed by atoms with van der Waals surface area (Å²) in [6.45, 7) is 0. The Kier molecular flexibility index (Phi) is 8.07. The van der Waals surface area contributed by atoms with E-state index in [0.29, 0.717) is 0 Å². The van der Waals surface area contributed by atoms with E-state index in [9.17, 15) is 22.6 Å². The van der Waals surface area contributed by atoms with Crippen molar-refractivity contribution in [2.24, 2.45) is 5.16 Å². The Hall–Kier alpha value is -0.940. The summed E-state index contributed by atoms with van der Waals surface area (Å²) in [5, 5.41) is 6.25. The van der Waals surface area contributed by atoms with Gasteiger partial charge in [-0.2, -0.15) is 12.7 Å². The van der Waals surface area contributed by atoms with Gasteiger partial charge < -0.3 is 22.1 Å². The van der Waals surface area contributed by atoms with E-state index in [-0.39, 0.29) is 51.8 Å². The molecule has 2 heterocycles. The molecule has 0 saturated carbocycles. The second kappa shape index (κ2) is 9.04. The number of nitrogen functional groups attached to an aromatic ring is 1. The van der Waals surface area contributed by atoms with Crippen LogP contribution in [0.3, 0.4) is 0 Å². The molecular formula is C11H16N5NaO7S3. The Labute approximate surface area is 186 Å². The summed E-state index contributed by atoms with van der Waals surface area (Å²) in [6.07, 6.45) is 1.47. The molecule has 0 aliphatic carbocycles. The van der Waals surface area contributed by atoms with Crippen LogP contribution in [-0.4, -0.2) is 71.4 Å². The number of hydrogen-bond acceptors (Lipinski definition) is 11. The van der Waals surface area contributed by atoms with Gasteiger partial charge in [0.15, 0.2) is 16.2 Å². The number of nitrogens with zero attached hydrogens (tertiary/aromatic N) is 3. The first-order valence-electron chi connectivity index (χ1n) is 6.66. The Morgan fingerprint density at radius 3 is 2.63 bits per heavy atom. The van der Waals surface area contributed by atoms with Crippen LogP contribution in [0.5, 0.6) is 0 Å². The molecule has 27 heavy (non-hydrogen) atoms. The van der Waals surface area contributed by atoms with Crippen LogP contribution >= 0.6 is 23.1 Å². The maximum Gasteiger partial charge on any atom is 1.00 e. The maximum absolute atomic E-state index is 12.6. The summed E-state index contributed by atoms with van der Waals surface area (Å²) in [4.78, 5) is 33.4. The molecule has 2 atom stereocenters. The number of ether oxygens (including phenoxy) is 1. The molecule has 0 unspecified atom stereocenters. The predicted octanol–water partition coefficient (Wildman–Crippen LogP) is -4.01. The number of β-lactam (4-membered cyclic amide) rings is 1. The average molecular weight is 449 g/mol. The zero-order valence-electron chi connectivity index (χ0n) is 15.7. The minimum atomic E-state index is -4.82. The topological polar surface area (TPSA) is 174 Å². The van der Waals surface area contributed by atoms with Gasteiger partial charge in [0.2, 0.25) is 0 Å². The predicted molar refractivity (Wildman–Crippen MR) is 94.8 cm³/mol. The van der Waals surface area contributed by atoms with Crippen molar-refractivity contribution in [3.05, 3.63) is 11.1 Å². The quantitative estimate of drug-likeness (QED) is 0.0929. The molecule has 12 nitrogen and oxygen atoms in total. The maximum atomic E-state index is 12.6. The van der Waals surface area contributed by atoms with E-state index in [2.05, 4.69) is 20.3 Å². The van der Waals surface area contributed by atoms with Gasteiger partial charge in [0.25, 0.3) is 17.5 Å². The summed E-state index contributed by atoms with van der Waals surface area (Å²) in [7, 11) is -2.51. The number of thiazole rings is 1. The molecule has 1 aromatic rings. The molecule has 1 aliphatic rings. The van der Waals surface area contributed by atoms with E-state index in [0.717, 1.165) is 30.2 Å². The van der Waals surface area contributed by atoms with Crippen molar-refractivity contribution < 1.29 is 63.1 Å². The largest absolute Gasteiger partial charge is 1.00 e. The van der Waals surface area contributed by atoms with Gasteiger partial charge in [-0.15, -0.1) is 23.1 Å². The van der Waals surface area contributed by atoms with Gasteiger partial charge in [-0.1, -0.05) is 5.16 Å². The smallest absolute Gasteiger partial charge is 1.00 e. The standard InChI is InChI=1S/C11H15N5O7S3.Na.H/c1-22-11(8(18)16(9(11)24-3)26(19,20)21)14-7(17)6(15-23-2)5-4-25-10(12)13-5;;/h4,9H,1-3H3,(H2,12,13)(H,14,17)(H,19,20,21);;/q;+1;-1/t9-,11-;;/m1../s1. The van der Waals surface area contributed by atoms with E-state index in [1.54, 1.807) is 0 Å². The molecule has 0 aromatic carbocycles. The monoisotopic (exact) mass is 449 g/mol. The summed E-state index contributed by atoms with van der Waals surface area (Å²) in [5.41, 5.74) is 3.30. The molecule has 146 valence electrons. The molecule has 16 heteroatoms. The minimum absolute atomic E-state index is 0. The number of hydrogen-bond donors (Lipinski definition) is 3. The Balaban J connectivity index is 0.00000364. The SMILES string of the molecule is CON=C(C(=O)N[C@@]1(OC)C(=O)N(S(=O)(=O)O)[C@@H]1SC)c1csc(N)n1.[H-].[Na+]. The molecule has 2 rings (SSSR count). The molecule has 4 N–H and O–H groups in total. The van der Waals surface area contributed by atoms with Gasteiger partial charge in [0, 0.05) is 12.5 Å². The Morgan fingerprint density at radius 1 is 1.59 bits per heavy atom. The third-order valence-electron chi connectivity index (χ3n) is 3.33. The first-order chi connectivity index (χ1) is 12.1. The van der Waals surface area contributed by atoms with Crippen molar-refractivity contribution in [2.75, 3.05) is 26.2 Å². The van der Waals surface area contributed by atoms with Gasteiger partial charge in [-0.05, 0) is 6.26 Å². The summed E-state index contributed by atoms with van der Waals surface area (Å²) in [6, 6.07) is 0. The third kappa shape index (κ3) is 4.40. The summed E-state index contributed by atoms with van der Waals surface area (Å²) >= 11 is 1.93. The normalized spacial score (nSPS) is 22.7. The summed E-state index contributed by atoms with van der Waals surface area (Å²) in [5.74, 6) is -2.08. The van der Waals surface area contributed by atoms with Gasteiger partial charge in [-0.3, -0.25) is 14.1 Å². The van der Waals surface area contributed by atoms with Gasteiger partial charge in [0.05, 0.1) is 0 Å². The average Bonchev–Trinajstić information content (AvgIpc) is 2.99. The zero-order chi connectivity index (χ0) is 19.7. The van der Waals surface area contributed by atoms with E-state index >= 15 is 0 Å². The molecule has 1 aromatic heterocycles. The van der Waals surface area contributed by atoms with Gasteiger partial charge in [-0.25, -0.2) is 4.98 Å². The number of nitrogens with one attached hydrogen (secondary N) is 1. The number of carbonyl (C=O) groups is 2. The molecule has 1 aliphatic heterocycles. The number of amides is 2. The van der Waals surface area contributed by atoms with Crippen LogP contribution in [0, 0.1) is 0 Å². The number of carbonyl (C=O) groups excluding carboxylic acids is 2. The number of aromatic nitrogens is 1. The van der Waals surface area contributed by atoms with Crippen LogP contribution in [0.25, 0.3) is 0 Å². The number of nitrogens with two attached hydrogens (primary N) is 1.